The summed E-state index contributed by atoms with van der Waals surface area (Å²) in [6.07, 6.45) is 0. The van der Waals surface area contributed by atoms with Gasteiger partial charge in [0.25, 0.3) is 0 Å². The summed E-state index contributed by atoms with van der Waals surface area (Å²) < 4.78 is 9.99. The number of hydrogen-bond acceptors (Lipinski definition) is 3. The number of morpholine rings is 1. The fourth-order valence-electron chi connectivity index (χ4n) is 1.12. The Balaban J connectivity index is 0.000000252. The van der Waals surface area contributed by atoms with Crippen LogP contribution in [0.15, 0.2) is 0 Å². The van der Waals surface area contributed by atoms with Crippen LogP contribution in [0.4, 0.5) is 0 Å². The maximum atomic E-state index is 5.16. The molecule has 1 aliphatic rings. The molecule has 0 aromatic rings. The summed E-state index contributed by atoms with van der Waals surface area (Å²) in [5.41, 5.74) is 0. The average Bonchev–Trinajstić information content (AvgIpc) is 2.21. The van der Waals surface area contributed by atoms with Gasteiger partial charge in [-0.3, -0.25) is 4.90 Å². The highest BCUT2D eigenvalue weighted by molar-refractivity contribution is 4.57. The van der Waals surface area contributed by atoms with Gasteiger partial charge in [-0.2, -0.15) is 0 Å². The molecule has 80 valence electrons. The van der Waals surface area contributed by atoms with Crippen LogP contribution in [0.2, 0.25) is 0 Å². The lowest BCUT2D eigenvalue weighted by atomic mass is 10.4. The zero-order valence-corrected chi connectivity index (χ0v) is 9.21. The molecular formula is C10H23NO2. The summed E-state index contributed by atoms with van der Waals surface area (Å²) in [5, 5.41) is 0. The van der Waals surface area contributed by atoms with Gasteiger partial charge in [-0.1, -0.05) is 6.92 Å². The summed E-state index contributed by atoms with van der Waals surface area (Å²) in [6.45, 7) is 13.1. The lowest BCUT2D eigenvalue weighted by Gasteiger charge is -2.24. The average molecular weight is 189 g/mol. The fraction of sp³-hybridized carbons (Fsp3) is 1.00. The Morgan fingerprint density at radius 3 is 1.85 bits per heavy atom. The predicted octanol–water partition coefficient (Wildman–Crippen LogP) is 1.38. The van der Waals surface area contributed by atoms with Crippen LogP contribution in [0.1, 0.15) is 20.8 Å². The second-order valence-electron chi connectivity index (χ2n) is 2.83. The van der Waals surface area contributed by atoms with Gasteiger partial charge < -0.3 is 9.47 Å². The van der Waals surface area contributed by atoms with Crippen LogP contribution in [-0.4, -0.2) is 51.0 Å². The maximum absolute atomic E-state index is 5.16. The molecule has 1 saturated heterocycles. The van der Waals surface area contributed by atoms with E-state index in [1.54, 1.807) is 0 Å². The van der Waals surface area contributed by atoms with Crippen molar-refractivity contribution in [2.75, 3.05) is 46.1 Å². The van der Waals surface area contributed by atoms with Crippen LogP contribution in [0.3, 0.4) is 0 Å². The monoisotopic (exact) mass is 189 g/mol. The Labute approximate surface area is 82.0 Å². The summed E-state index contributed by atoms with van der Waals surface area (Å²) in [4.78, 5) is 2.39. The van der Waals surface area contributed by atoms with Gasteiger partial charge in [0.15, 0.2) is 0 Å². The molecule has 0 spiro atoms. The van der Waals surface area contributed by atoms with Crippen molar-refractivity contribution < 1.29 is 9.47 Å². The minimum atomic E-state index is 0.844. The summed E-state index contributed by atoms with van der Waals surface area (Å²) in [5.74, 6) is 0. The number of likely N-dealkylation sites (N-methyl/N-ethyl adjacent to an activating group) is 1. The summed E-state index contributed by atoms with van der Waals surface area (Å²) >= 11 is 0. The van der Waals surface area contributed by atoms with E-state index in [4.69, 9.17) is 9.47 Å². The zero-order chi connectivity index (χ0) is 9.94. The van der Waals surface area contributed by atoms with Crippen LogP contribution >= 0.6 is 0 Å². The summed E-state index contributed by atoms with van der Waals surface area (Å²) in [6, 6.07) is 0. The molecule has 13 heavy (non-hydrogen) atoms. The third-order valence-corrected chi connectivity index (χ3v) is 1.96. The third-order valence-electron chi connectivity index (χ3n) is 1.96. The van der Waals surface area contributed by atoms with E-state index in [0.717, 1.165) is 39.5 Å². The molecule has 0 saturated carbocycles. The van der Waals surface area contributed by atoms with Crippen LogP contribution in [0.5, 0.6) is 0 Å². The second kappa shape index (κ2) is 9.96. The number of ether oxygens (including phenoxy) is 2. The first kappa shape index (κ1) is 12.9. The minimum Gasteiger partial charge on any atom is -0.382 e. The standard InChI is InChI=1S/C6H13NO.C4H10O/c1-2-7-3-5-8-6-4-7;1-3-5-4-2/h2-6H2,1H3;3-4H2,1-2H3. The molecular weight excluding hydrogens is 166 g/mol. The molecule has 0 bridgehead atoms. The quantitative estimate of drug-likeness (QED) is 0.669. The van der Waals surface area contributed by atoms with Gasteiger partial charge in [0, 0.05) is 26.3 Å². The first-order chi connectivity index (χ1) is 6.35. The van der Waals surface area contributed by atoms with Gasteiger partial charge in [0.05, 0.1) is 13.2 Å². The van der Waals surface area contributed by atoms with E-state index in [1.165, 1.54) is 6.54 Å². The van der Waals surface area contributed by atoms with E-state index >= 15 is 0 Å². The van der Waals surface area contributed by atoms with Gasteiger partial charge in [-0.05, 0) is 20.4 Å². The van der Waals surface area contributed by atoms with Crippen molar-refractivity contribution in [2.24, 2.45) is 0 Å². The van der Waals surface area contributed by atoms with Crippen molar-refractivity contribution in [3.05, 3.63) is 0 Å². The van der Waals surface area contributed by atoms with E-state index in [-0.39, 0.29) is 0 Å². The predicted molar refractivity (Wildman–Crippen MR) is 55.1 cm³/mol. The van der Waals surface area contributed by atoms with Crippen LogP contribution in [0.25, 0.3) is 0 Å². The van der Waals surface area contributed by atoms with Gasteiger partial charge in [0.1, 0.15) is 0 Å². The maximum Gasteiger partial charge on any atom is 0.0594 e. The van der Waals surface area contributed by atoms with Crippen molar-refractivity contribution in [3.8, 4) is 0 Å². The first-order valence-electron chi connectivity index (χ1n) is 5.22. The molecule has 0 aliphatic carbocycles. The smallest absolute Gasteiger partial charge is 0.0594 e. The van der Waals surface area contributed by atoms with E-state index in [9.17, 15) is 0 Å². The largest absolute Gasteiger partial charge is 0.382 e. The van der Waals surface area contributed by atoms with E-state index in [1.807, 2.05) is 13.8 Å². The van der Waals surface area contributed by atoms with Crippen molar-refractivity contribution in [1.29, 1.82) is 0 Å². The zero-order valence-electron chi connectivity index (χ0n) is 9.21. The highest BCUT2D eigenvalue weighted by Crippen LogP contribution is 1.93. The molecule has 3 nitrogen and oxygen atoms in total. The number of hydrogen-bond donors (Lipinski definition) is 0. The van der Waals surface area contributed by atoms with Crippen molar-refractivity contribution in [3.63, 3.8) is 0 Å². The SMILES string of the molecule is CCN1CCOCC1.CCOCC. The lowest BCUT2D eigenvalue weighted by molar-refractivity contribution is 0.0405. The highest BCUT2D eigenvalue weighted by Gasteiger charge is 2.05. The van der Waals surface area contributed by atoms with E-state index in [0.29, 0.717) is 0 Å². The lowest BCUT2D eigenvalue weighted by Crippen LogP contribution is -2.35. The molecule has 0 aromatic heterocycles. The van der Waals surface area contributed by atoms with E-state index < -0.39 is 0 Å². The van der Waals surface area contributed by atoms with Crippen molar-refractivity contribution >= 4 is 0 Å². The minimum absolute atomic E-state index is 0.844. The van der Waals surface area contributed by atoms with Gasteiger partial charge in [-0.25, -0.2) is 0 Å². The molecule has 0 atom stereocenters. The van der Waals surface area contributed by atoms with Crippen molar-refractivity contribution in [1.82, 2.24) is 4.90 Å². The molecule has 0 amide bonds. The van der Waals surface area contributed by atoms with Gasteiger partial charge >= 0.3 is 0 Å². The molecule has 1 aliphatic heterocycles. The van der Waals surface area contributed by atoms with Crippen LogP contribution in [0, 0.1) is 0 Å². The second-order valence-corrected chi connectivity index (χ2v) is 2.83. The highest BCUT2D eigenvalue weighted by atomic mass is 16.5. The third kappa shape index (κ3) is 8.22. The molecule has 1 fully saturated rings. The Morgan fingerprint density at radius 1 is 1.08 bits per heavy atom. The van der Waals surface area contributed by atoms with Gasteiger partial charge in [-0.15, -0.1) is 0 Å². The Bertz CT molecular complexity index is 90.9. The summed E-state index contributed by atoms with van der Waals surface area (Å²) in [7, 11) is 0. The Morgan fingerprint density at radius 2 is 1.62 bits per heavy atom. The molecule has 0 radical (unpaired) electrons. The molecule has 0 aromatic carbocycles. The fourth-order valence-corrected chi connectivity index (χ4v) is 1.12. The number of rotatable bonds is 3. The number of nitrogens with zero attached hydrogens (tertiary/aromatic N) is 1. The van der Waals surface area contributed by atoms with E-state index in [2.05, 4.69) is 11.8 Å². The van der Waals surface area contributed by atoms with Crippen molar-refractivity contribution in [2.45, 2.75) is 20.8 Å². The topological polar surface area (TPSA) is 21.7 Å². The normalized spacial score (nSPS) is 17.8. The molecule has 1 rings (SSSR count). The van der Waals surface area contributed by atoms with Crippen LogP contribution in [-0.2, 0) is 9.47 Å². The molecule has 0 N–H and O–H groups in total. The Hall–Kier alpha value is -0.120. The molecule has 3 heteroatoms. The first-order valence-corrected chi connectivity index (χ1v) is 5.22. The Kier molecular flexibility index (Phi) is 9.87. The molecule has 0 unspecified atom stereocenters. The van der Waals surface area contributed by atoms with Gasteiger partial charge in [0.2, 0.25) is 0 Å². The molecule has 1 heterocycles. The van der Waals surface area contributed by atoms with Crippen LogP contribution < -0.4 is 0 Å².